The van der Waals surface area contributed by atoms with Gasteiger partial charge in [-0.2, -0.15) is 20.1 Å². The number of hydrogen-bond acceptors (Lipinski definition) is 9. The Kier molecular flexibility index (Phi) is 6.31. The first-order valence-corrected chi connectivity index (χ1v) is 9.71. The predicted molar refractivity (Wildman–Crippen MR) is 116 cm³/mol. The van der Waals surface area contributed by atoms with E-state index in [1.54, 1.807) is 18.2 Å². The highest BCUT2D eigenvalue weighted by Crippen LogP contribution is 2.16. The van der Waals surface area contributed by atoms with Gasteiger partial charge in [-0.15, -0.1) is 0 Å². The second kappa shape index (κ2) is 9.66. The number of para-hydroxylation sites is 1. The lowest BCUT2D eigenvalue weighted by Gasteiger charge is -2.27. The Morgan fingerprint density at radius 2 is 1.70 bits per heavy atom. The van der Waals surface area contributed by atoms with E-state index in [0.717, 1.165) is 5.56 Å². The van der Waals surface area contributed by atoms with Gasteiger partial charge in [0.1, 0.15) is 5.75 Å². The van der Waals surface area contributed by atoms with Crippen molar-refractivity contribution >= 4 is 24.1 Å². The molecule has 30 heavy (non-hydrogen) atoms. The topological polar surface area (TPSA) is 108 Å². The summed E-state index contributed by atoms with van der Waals surface area (Å²) in [5.74, 6) is 1.48. The number of rotatable bonds is 7. The summed E-state index contributed by atoms with van der Waals surface area (Å²) in [5.41, 5.74) is 4.55. The van der Waals surface area contributed by atoms with E-state index >= 15 is 0 Å². The number of benzene rings is 2. The molecule has 1 fully saturated rings. The average molecular weight is 405 g/mol. The van der Waals surface area contributed by atoms with Gasteiger partial charge in [-0.25, -0.2) is 5.43 Å². The normalized spacial score (nSPS) is 14.1. The Morgan fingerprint density at radius 1 is 0.967 bits per heavy atom. The van der Waals surface area contributed by atoms with Crippen LogP contribution in [0.2, 0.25) is 0 Å². The number of nitrogens with zero attached hydrogens (tertiary/aromatic N) is 5. The maximum absolute atomic E-state index is 9.86. The van der Waals surface area contributed by atoms with Gasteiger partial charge in [0, 0.05) is 25.2 Å². The first kappa shape index (κ1) is 19.6. The maximum Gasteiger partial charge on any atom is 0.250 e. The fourth-order valence-electron chi connectivity index (χ4n) is 2.93. The first-order chi connectivity index (χ1) is 14.8. The molecule has 0 amide bonds. The molecule has 1 aliphatic rings. The van der Waals surface area contributed by atoms with E-state index < -0.39 is 0 Å². The lowest BCUT2D eigenvalue weighted by molar-refractivity contribution is 0.122. The molecular weight excluding hydrogens is 382 g/mol. The Balaban J connectivity index is 1.52. The van der Waals surface area contributed by atoms with Gasteiger partial charge in [0.15, 0.2) is 0 Å². The summed E-state index contributed by atoms with van der Waals surface area (Å²) in [6, 6.07) is 17.0. The molecule has 3 aromatic rings. The van der Waals surface area contributed by atoms with Crippen molar-refractivity contribution in [1.29, 1.82) is 0 Å². The molecule has 0 saturated carbocycles. The van der Waals surface area contributed by atoms with Crippen LogP contribution in [-0.4, -0.2) is 52.6 Å². The molecule has 0 unspecified atom stereocenters. The summed E-state index contributed by atoms with van der Waals surface area (Å²) in [6.07, 6.45) is 1.52. The van der Waals surface area contributed by atoms with Gasteiger partial charge in [0.05, 0.1) is 19.4 Å². The SMILES string of the molecule is Oc1ccccc1C=NNc1nc(NCc2ccccc2)nc(N2CCOCC2)n1. The molecule has 1 aromatic heterocycles. The van der Waals surface area contributed by atoms with Crippen LogP contribution in [0.25, 0.3) is 0 Å². The number of phenolic OH excluding ortho intramolecular Hbond substituents is 1. The van der Waals surface area contributed by atoms with Crippen LogP contribution < -0.4 is 15.6 Å². The largest absolute Gasteiger partial charge is 0.507 e. The van der Waals surface area contributed by atoms with E-state index in [9.17, 15) is 5.11 Å². The van der Waals surface area contributed by atoms with Crippen LogP contribution in [0.5, 0.6) is 5.75 Å². The maximum atomic E-state index is 9.86. The fourth-order valence-corrected chi connectivity index (χ4v) is 2.93. The summed E-state index contributed by atoms with van der Waals surface area (Å²) in [4.78, 5) is 15.5. The summed E-state index contributed by atoms with van der Waals surface area (Å²) in [7, 11) is 0. The Morgan fingerprint density at radius 3 is 2.50 bits per heavy atom. The molecule has 4 rings (SSSR count). The quantitative estimate of drug-likeness (QED) is 0.406. The number of morpholine rings is 1. The predicted octanol–water partition coefficient (Wildman–Crippen LogP) is 2.47. The summed E-state index contributed by atoms with van der Waals surface area (Å²) < 4.78 is 5.42. The van der Waals surface area contributed by atoms with Crippen LogP contribution in [-0.2, 0) is 11.3 Å². The second-order valence-corrected chi connectivity index (χ2v) is 6.65. The molecule has 0 radical (unpaired) electrons. The average Bonchev–Trinajstić information content (AvgIpc) is 2.80. The molecule has 0 spiro atoms. The lowest BCUT2D eigenvalue weighted by Crippen LogP contribution is -2.37. The zero-order valence-corrected chi connectivity index (χ0v) is 16.4. The van der Waals surface area contributed by atoms with Crippen molar-refractivity contribution in [3.05, 3.63) is 65.7 Å². The van der Waals surface area contributed by atoms with Crippen molar-refractivity contribution in [3.8, 4) is 5.75 Å². The molecule has 0 bridgehead atoms. The third-order valence-electron chi connectivity index (χ3n) is 4.52. The number of nitrogens with one attached hydrogen (secondary N) is 2. The fraction of sp³-hybridized carbons (Fsp3) is 0.238. The van der Waals surface area contributed by atoms with Gasteiger partial charge in [-0.3, -0.25) is 0 Å². The Labute approximate surface area is 174 Å². The highest BCUT2D eigenvalue weighted by Gasteiger charge is 2.16. The third-order valence-corrected chi connectivity index (χ3v) is 4.52. The zero-order valence-electron chi connectivity index (χ0n) is 16.4. The number of aromatic nitrogens is 3. The first-order valence-electron chi connectivity index (χ1n) is 9.71. The van der Waals surface area contributed by atoms with Crippen LogP contribution >= 0.6 is 0 Å². The van der Waals surface area contributed by atoms with Gasteiger partial charge in [0.2, 0.25) is 17.8 Å². The number of phenols is 1. The van der Waals surface area contributed by atoms with Gasteiger partial charge in [-0.05, 0) is 17.7 Å². The number of anilines is 3. The highest BCUT2D eigenvalue weighted by atomic mass is 16.5. The van der Waals surface area contributed by atoms with E-state index in [1.807, 2.05) is 36.4 Å². The minimum Gasteiger partial charge on any atom is -0.507 e. The van der Waals surface area contributed by atoms with Gasteiger partial charge >= 0.3 is 0 Å². The van der Waals surface area contributed by atoms with Crippen LogP contribution in [0.3, 0.4) is 0 Å². The third kappa shape index (κ3) is 5.21. The molecule has 1 aliphatic heterocycles. The van der Waals surface area contributed by atoms with E-state index in [0.29, 0.717) is 56.3 Å². The van der Waals surface area contributed by atoms with Crippen molar-refractivity contribution in [3.63, 3.8) is 0 Å². The molecule has 0 atom stereocenters. The van der Waals surface area contributed by atoms with E-state index in [2.05, 4.69) is 35.7 Å². The monoisotopic (exact) mass is 405 g/mol. The number of aromatic hydroxyl groups is 1. The molecule has 9 heteroatoms. The number of hydrazone groups is 1. The molecular formula is C21H23N7O2. The molecule has 3 N–H and O–H groups in total. The summed E-state index contributed by atoms with van der Waals surface area (Å²) in [5, 5.41) is 17.3. The van der Waals surface area contributed by atoms with Gasteiger partial charge in [0.25, 0.3) is 0 Å². The zero-order chi connectivity index (χ0) is 20.6. The van der Waals surface area contributed by atoms with Crippen molar-refractivity contribution in [2.45, 2.75) is 6.54 Å². The molecule has 2 heterocycles. The Bertz CT molecular complexity index is 992. The van der Waals surface area contributed by atoms with Gasteiger partial charge < -0.3 is 20.1 Å². The lowest BCUT2D eigenvalue weighted by atomic mass is 10.2. The number of hydrogen-bond donors (Lipinski definition) is 3. The van der Waals surface area contributed by atoms with Crippen molar-refractivity contribution in [2.75, 3.05) is 41.9 Å². The van der Waals surface area contributed by atoms with Crippen molar-refractivity contribution < 1.29 is 9.84 Å². The molecule has 2 aromatic carbocycles. The van der Waals surface area contributed by atoms with E-state index in [-0.39, 0.29) is 5.75 Å². The van der Waals surface area contributed by atoms with Crippen molar-refractivity contribution in [1.82, 2.24) is 15.0 Å². The van der Waals surface area contributed by atoms with Crippen LogP contribution in [0.4, 0.5) is 17.8 Å². The van der Waals surface area contributed by atoms with Crippen LogP contribution in [0.1, 0.15) is 11.1 Å². The minimum atomic E-state index is 0.151. The molecule has 154 valence electrons. The smallest absolute Gasteiger partial charge is 0.250 e. The molecule has 1 saturated heterocycles. The van der Waals surface area contributed by atoms with E-state index in [4.69, 9.17) is 4.74 Å². The highest BCUT2D eigenvalue weighted by molar-refractivity contribution is 5.83. The number of ether oxygens (including phenoxy) is 1. The summed E-state index contributed by atoms with van der Waals surface area (Å²) >= 11 is 0. The molecule has 9 nitrogen and oxygen atoms in total. The van der Waals surface area contributed by atoms with Crippen molar-refractivity contribution in [2.24, 2.45) is 5.10 Å². The summed E-state index contributed by atoms with van der Waals surface area (Å²) in [6.45, 7) is 3.28. The van der Waals surface area contributed by atoms with Crippen LogP contribution in [0, 0.1) is 0 Å². The van der Waals surface area contributed by atoms with E-state index in [1.165, 1.54) is 6.21 Å². The second-order valence-electron chi connectivity index (χ2n) is 6.65. The Hall–Kier alpha value is -3.72. The van der Waals surface area contributed by atoms with Gasteiger partial charge in [-0.1, -0.05) is 42.5 Å². The van der Waals surface area contributed by atoms with Crippen LogP contribution in [0.15, 0.2) is 59.7 Å². The molecule has 0 aliphatic carbocycles. The minimum absolute atomic E-state index is 0.151. The standard InChI is InChI=1S/C21H23N7O2/c29-18-9-5-4-8-17(18)15-23-27-20-24-19(22-14-16-6-2-1-3-7-16)25-21(26-20)28-10-12-30-13-11-28/h1-9,15,29H,10-14H2,(H2,22,24,25,26,27).